The molecule has 3 rings (SSSR count). The lowest BCUT2D eigenvalue weighted by atomic mass is 10.1. The fourth-order valence-electron chi connectivity index (χ4n) is 3.61. The zero-order chi connectivity index (χ0) is 21.0. The van der Waals surface area contributed by atoms with Crippen molar-refractivity contribution in [3.8, 4) is 0 Å². The predicted octanol–water partition coefficient (Wildman–Crippen LogP) is 0.603. The minimum absolute atomic E-state index is 0.0196. The first-order valence-electron chi connectivity index (χ1n) is 9.47. The minimum Gasteiger partial charge on any atom is -0.465 e. The van der Waals surface area contributed by atoms with Gasteiger partial charge in [-0.1, -0.05) is 0 Å². The van der Waals surface area contributed by atoms with Crippen molar-refractivity contribution in [3.63, 3.8) is 0 Å². The minimum atomic E-state index is -3.87. The van der Waals surface area contributed by atoms with Crippen LogP contribution in [-0.4, -0.2) is 89.7 Å². The van der Waals surface area contributed by atoms with E-state index in [0.717, 1.165) is 26.2 Å². The van der Waals surface area contributed by atoms with Crippen molar-refractivity contribution in [2.75, 3.05) is 60.2 Å². The van der Waals surface area contributed by atoms with Crippen LogP contribution in [0.1, 0.15) is 27.1 Å². The fourth-order valence-corrected chi connectivity index (χ4v) is 5.11. The number of methoxy groups -OCH3 is 2. The number of sulfonamides is 1. The van der Waals surface area contributed by atoms with Crippen LogP contribution in [0.4, 0.5) is 0 Å². The number of benzene rings is 1. The molecule has 0 saturated carbocycles. The number of rotatable bonds is 6. The lowest BCUT2D eigenvalue weighted by molar-refractivity contribution is 0.0598. The fraction of sp³-hybridized carbons (Fsp3) is 0.579. The quantitative estimate of drug-likeness (QED) is 0.610. The van der Waals surface area contributed by atoms with Crippen molar-refractivity contribution in [1.29, 1.82) is 0 Å². The summed E-state index contributed by atoms with van der Waals surface area (Å²) < 4.78 is 42.4. The first-order chi connectivity index (χ1) is 13.8. The van der Waals surface area contributed by atoms with E-state index in [1.807, 2.05) is 0 Å². The number of nitrogens with zero attached hydrogens (tertiary/aromatic N) is 2. The maximum Gasteiger partial charge on any atom is 0.337 e. The Kier molecular flexibility index (Phi) is 6.89. The number of carbonyl (C=O) groups is 2. The summed E-state index contributed by atoms with van der Waals surface area (Å²) in [6, 6.07) is 3.73. The number of ether oxygens (including phenoxy) is 3. The van der Waals surface area contributed by atoms with Gasteiger partial charge in [-0.3, -0.25) is 0 Å². The lowest BCUT2D eigenvalue weighted by Gasteiger charge is -2.35. The molecule has 29 heavy (non-hydrogen) atoms. The maximum atomic E-state index is 13.1. The maximum absolute atomic E-state index is 13.1. The van der Waals surface area contributed by atoms with Crippen molar-refractivity contribution in [1.82, 2.24) is 9.21 Å². The third-order valence-corrected chi connectivity index (χ3v) is 7.13. The molecule has 2 fully saturated rings. The number of carbonyl (C=O) groups excluding carboxylic acids is 2. The molecule has 2 aliphatic heterocycles. The second-order valence-corrected chi connectivity index (χ2v) is 9.10. The van der Waals surface area contributed by atoms with E-state index in [2.05, 4.69) is 14.4 Å². The molecular formula is C19H26N2O7S. The smallest absolute Gasteiger partial charge is 0.337 e. The molecule has 0 N–H and O–H groups in total. The summed E-state index contributed by atoms with van der Waals surface area (Å²) in [5, 5.41) is 0. The standard InChI is InChI=1S/C19H26N2O7S/c1-26-18(22)15-9-16(19(23)27-2)11-17(10-15)29(24,25)21-6-4-20(5-7-21)12-14-3-8-28-13-14/h9-11,14H,3-8,12-13H2,1-2H3/t14-/m0/s1. The van der Waals surface area contributed by atoms with Gasteiger partial charge in [-0.2, -0.15) is 4.31 Å². The van der Waals surface area contributed by atoms with E-state index in [-0.39, 0.29) is 16.0 Å². The van der Waals surface area contributed by atoms with Crippen molar-refractivity contribution in [2.45, 2.75) is 11.3 Å². The molecule has 0 spiro atoms. The highest BCUT2D eigenvalue weighted by Crippen LogP contribution is 2.23. The zero-order valence-electron chi connectivity index (χ0n) is 16.6. The van der Waals surface area contributed by atoms with Gasteiger partial charge in [0.15, 0.2) is 0 Å². The number of esters is 2. The van der Waals surface area contributed by atoms with Gasteiger partial charge in [0.05, 0.1) is 36.8 Å². The molecule has 9 nitrogen and oxygen atoms in total. The lowest BCUT2D eigenvalue weighted by Crippen LogP contribution is -2.49. The molecule has 0 bridgehead atoms. The highest BCUT2D eigenvalue weighted by Gasteiger charge is 2.31. The monoisotopic (exact) mass is 426 g/mol. The average molecular weight is 426 g/mol. The van der Waals surface area contributed by atoms with Gasteiger partial charge in [0, 0.05) is 39.3 Å². The second-order valence-electron chi connectivity index (χ2n) is 7.16. The summed E-state index contributed by atoms with van der Waals surface area (Å²) >= 11 is 0. The van der Waals surface area contributed by atoms with Crippen LogP contribution in [-0.2, 0) is 24.2 Å². The Balaban J connectivity index is 1.77. The molecule has 0 aliphatic carbocycles. The second kappa shape index (κ2) is 9.21. The van der Waals surface area contributed by atoms with Crippen LogP contribution in [0.5, 0.6) is 0 Å². The first kappa shape index (κ1) is 21.7. The molecule has 2 heterocycles. The Labute approximate surface area is 170 Å². The Hall–Kier alpha value is -2.01. The summed E-state index contributed by atoms with van der Waals surface area (Å²) in [5.74, 6) is -0.955. The van der Waals surface area contributed by atoms with Crippen LogP contribution >= 0.6 is 0 Å². The van der Waals surface area contributed by atoms with Gasteiger partial charge in [-0.25, -0.2) is 18.0 Å². The van der Waals surface area contributed by atoms with E-state index in [1.54, 1.807) is 0 Å². The van der Waals surface area contributed by atoms with E-state index in [9.17, 15) is 18.0 Å². The molecule has 0 aromatic heterocycles. The van der Waals surface area contributed by atoms with Gasteiger partial charge in [0.1, 0.15) is 0 Å². The van der Waals surface area contributed by atoms with Gasteiger partial charge in [0.2, 0.25) is 10.0 Å². The van der Waals surface area contributed by atoms with E-state index >= 15 is 0 Å². The summed E-state index contributed by atoms with van der Waals surface area (Å²) in [7, 11) is -1.49. The third kappa shape index (κ3) is 4.95. The van der Waals surface area contributed by atoms with Crippen LogP contribution in [0, 0.1) is 5.92 Å². The van der Waals surface area contributed by atoms with E-state index in [4.69, 9.17) is 4.74 Å². The van der Waals surface area contributed by atoms with E-state index in [1.165, 1.54) is 36.7 Å². The Morgan fingerprint density at radius 1 is 1.03 bits per heavy atom. The summed E-state index contributed by atoms with van der Waals surface area (Å²) in [6.07, 6.45) is 1.04. The SMILES string of the molecule is COC(=O)c1cc(C(=O)OC)cc(S(=O)(=O)N2CCN(C[C@@H]3CCOC3)CC2)c1. The predicted molar refractivity (Wildman–Crippen MR) is 103 cm³/mol. The Morgan fingerprint density at radius 2 is 1.62 bits per heavy atom. The van der Waals surface area contributed by atoms with Crippen LogP contribution in [0.25, 0.3) is 0 Å². The summed E-state index contributed by atoms with van der Waals surface area (Å²) in [6.45, 7) is 4.37. The number of hydrogen-bond acceptors (Lipinski definition) is 8. The number of piperazine rings is 1. The Morgan fingerprint density at radius 3 is 2.10 bits per heavy atom. The molecule has 0 unspecified atom stereocenters. The third-order valence-electron chi connectivity index (χ3n) is 5.26. The van der Waals surface area contributed by atoms with Crippen molar-refractivity contribution >= 4 is 22.0 Å². The molecule has 160 valence electrons. The van der Waals surface area contributed by atoms with Crippen LogP contribution in [0.2, 0.25) is 0 Å². The largest absolute Gasteiger partial charge is 0.465 e. The van der Waals surface area contributed by atoms with Crippen molar-refractivity contribution in [2.24, 2.45) is 5.92 Å². The van der Waals surface area contributed by atoms with Crippen LogP contribution in [0.3, 0.4) is 0 Å². The van der Waals surface area contributed by atoms with Gasteiger partial charge < -0.3 is 19.1 Å². The zero-order valence-corrected chi connectivity index (χ0v) is 17.4. The summed E-state index contributed by atoms with van der Waals surface area (Å²) in [4.78, 5) is 26.0. The van der Waals surface area contributed by atoms with Crippen LogP contribution < -0.4 is 0 Å². The normalized spacial score (nSPS) is 21.1. The van der Waals surface area contributed by atoms with Gasteiger partial charge in [-0.05, 0) is 30.5 Å². The van der Waals surface area contributed by atoms with Crippen molar-refractivity contribution in [3.05, 3.63) is 29.3 Å². The molecule has 0 radical (unpaired) electrons. The molecule has 1 aromatic carbocycles. The van der Waals surface area contributed by atoms with Crippen molar-refractivity contribution < 1.29 is 32.2 Å². The van der Waals surface area contributed by atoms with Gasteiger partial charge >= 0.3 is 11.9 Å². The molecule has 2 saturated heterocycles. The highest BCUT2D eigenvalue weighted by atomic mass is 32.2. The first-order valence-corrected chi connectivity index (χ1v) is 10.9. The van der Waals surface area contributed by atoms with Crippen LogP contribution in [0.15, 0.2) is 23.1 Å². The van der Waals surface area contributed by atoms with Gasteiger partial charge in [0.25, 0.3) is 0 Å². The van der Waals surface area contributed by atoms with Gasteiger partial charge in [-0.15, -0.1) is 0 Å². The van der Waals surface area contributed by atoms with E-state index in [0.29, 0.717) is 32.1 Å². The molecule has 2 aliphatic rings. The molecule has 0 amide bonds. The highest BCUT2D eigenvalue weighted by molar-refractivity contribution is 7.89. The summed E-state index contributed by atoms with van der Waals surface area (Å²) in [5.41, 5.74) is -0.0392. The van der Waals surface area contributed by atoms with E-state index < -0.39 is 22.0 Å². The molecule has 1 atom stereocenters. The Bertz CT molecular complexity index is 823. The topological polar surface area (TPSA) is 102 Å². The molecule has 10 heteroatoms. The molecule has 1 aromatic rings. The number of hydrogen-bond donors (Lipinski definition) is 0. The molecular weight excluding hydrogens is 400 g/mol. The average Bonchev–Trinajstić information content (AvgIpc) is 3.25.